The number of methoxy groups -OCH3 is 2. The van der Waals surface area contributed by atoms with E-state index in [4.69, 9.17) is 15.2 Å². The molecule has 4 rings (SSSR count). The van der Waals surface area contributed by atoms with Gasteiger partial charge in [-0.05, 0) is 12.1 Å². The second-order valence-corrected chi connectivity index (χ2v) is 6.11. The van der Waals surface area contributed by atoms with Gasteiger partial charge in [-0.25, -0.2) is 4.98 Å². The average molecular weight is 375 g/mol. The summed E-state index contributed by atoms with van der Waals surface area (Å²) >= 11 is 0. The van der Waals surface area contributed by atoms with Gasteiger partial charge in [-0.15, -0.1) is 0 Å². The number of nitrogen functional groups attached to an aromatic ring is 1. The molecular weight excluding hydrogens is 358 g/mol. The minimum absolute atomic E-state index is 0.0446. The van der Waals surface area contributed by atoms with Crippen LogP contribution in [0.4, 0.5) is 5.82 Å². The largest absolute Gasteiger partial charge is 0.505 e. The van der Waals surface area contributed by atoms with Crippen LogP contribution in [-0.2, 0) is 0 Å². The molecule has 4 aromatic rings. The molecular formula is C20H17N5O3. The molecule has 4 N–H and O–H groups in total. The number of aromatic amines is 1. The van der Waals surface area contributed by atoms with Crippen LogP contribution in [0.3, 0.4) is 0 Å². The zero-order valence-corrected chi connectivity index (χ0v) is 15.2. The lowest BCUT2D eigenvalue weighted by Crippen LogP contribution is -2.01. The molecule has 0 aliphatic carbocycles. The maximum Gasteiger partial charge on any atom is 0.146 e. The Bertz CT molecular complexity index is 1210. The number of H-pyrrole nitrogens is 1. The molecule has 0 saturated heterocycles. The smallest absolute Gasteiger partial charge is 0.146 e. The number of nitrogens with two attached hydrogens (primary N) is 1. The molecule has 0 saturated carbocycles. The first-order valence-electron chi connectivity index (χ1n) is 8.38. The predicted octanol–water partition coefficient (Wildman–Crippen LogP) is 3.20. The first-order chi connectivity index (χ1) is 13.5. The Labute approximate surface area is 160 Å². The van der Waals surface area contributed by atoms with Crippen molar-refractivity contribution in [3.63, 3.8) is 0 Å². The maximum atomic E-state index is 10.5. The summed E-state index contributed by atoms with van der Waals surface area (Å²) in [5.74, 6) is 1.79. The van der Waals surface area contributed by atoms with Crippen molar-refractivity contribution in [2.75, 3.05) is 20.0 Å². The van der Waals surface area contributed by atoms with Crippen LogP contribution in [0.1, 0.15) is 5.56 Å². The molecule has 140 valence electrons. The highest BCUT2D eigenvalue weighted by Gasteiger charge is 2.20. The zero-order valence-electron chi connectivity index (χ0n) is 15.2. The van der Waals surface area contributed by atoms with E-state index in [0.29, 0.717) is 45.2 Å². The van der Waals surface area contributed by atoms with Gasteiger partial charge in [0.15, 0.2) is 0 Å². The molecule has 8 nitrogen and oxygen atoms in total. The van der Waals surface area contributed by atoms with Gasteiger partial charge in [0.05, 0.1) is 37.2 Å². The number of hydrogen-bond donors (Lipinski definition) is 3. The molecule has 0 radical (unpaired) electrons. The Morgan fingerprint density at radius 3 is 2.54 bits per heavy atom. The Morgan fingerprint density at radius 1 is 1.18 bits per heavy atom. The van der Waals surface area contributed by atoms with Crippen LogP contribution < -0.4 is 15.2 Å². The topological polar surface area (TPSA) is 122 Å². The van der Waals surface area contributed by atoms with Gasteiger partial charge in [-0.3, -0.25) is 4.57 Å². The fourth-order valence-corrected chi connectivity index (χ4v) is 3.14. The van der Waals surface area contributed by atoms with Crippen molar-refractivity contribution in [1.29, 1.82) is 5.26 Å². The third kappa shape index (κ3) is 2.66. The molecule has 2 aromatic carbocycles. The number of para-hydroxylation sites is 1. The van der Waals surface area contributed by atoms with Crippen LogP contribution in [0, 0.1) is 11.3 Å². The molecule has 0 unspecified atom stereocenters. The number of fused-ring (bicyclic) bond motifs is 1. The third-order valence-electron chi connectivity index (χ3n) is 4.51. The Hall–Kier alpha value is -4.12. The standard InChI is InChI=1S/C20H17N5O3/c1-27-13-6-12(7-14(8-13)28-2)25-10-16(26)17(19(25)22)20-23-15-5-3-4-11(9-21)18(15)24-20/h3-8,10,26H,22H2,1-2H3,(H,23,24). The van der Waals surface area contributed by atoms with Crippen molar-refractivity contribution in [3.8, 4) is 40.4 Å². The molecule has 0 aliphatic rings. The number of benzene rings is 2. The van der Waals surface area contributed by atoms with E-state index in [1.54, 1.807) is 49.1 Å². The van der Waals surface area contributed by atoms with Crippen LogP contribution in [0.2, 0.25) is 0 Å². The van der Waals surface area contributed by atoms with E-state index in [9.17, 15) is 10.4 Å². The number of hydrogen-bond acceptors (Lipinski definition) is 6. The molecule has 0 atom stereocenters. The van der Waals surface area contributed by atoms with Gasteiger partial charge in [-0.2, -0.15) is 5.26 Å². The average Bonchev–Trinajstić information content (AvgIpc) is 3.27. The van der Waals surface area contributed by atoms with Crippen LogP contribution in [0.5, 0.6) is 17.2 Å². The Morgan fingerprint density at radius 2 is 1.89 bits per heavy atom. The molecule has 0 amide bonds. The molecule has 2 aromatic heterocycles. The molecule has 0 spiro atoms. The number of aromatic nitrogens is 3. The quantitative estimate of drug-likeness (QED) is 0.503. The first kappa shape index (κ1) is 17.3. The fourth-order valence-electron chi connectivity index (χ4n) is 3.14. The van der Waals surface area contributed by atoms with Crippen LogP contribution in [-0.4, -0.2) is 33.9 Å². The van der Waals surface area contributed by atoms with Gasteiger partial charge >= 0.3 is 0 Å². The van der Waals surface area contributed by atoms with Crippen LogP contribution in [0.25, 0.3) is 28.1 Å². The van der Waals surface area contributed by atoms with Gasteiger partial charge in [0.1, 0.15) is 46.0 Å². The van der Waals surface area contributed by atoms with Gasteiger partial charge in [-0.1, -0.05) is 6.07 Å². The van der Waals surface area contributed by atoms with Crippen molar-refractivity contribution >= 4 is 16.9 Å². The van der Waals surface area contributed by atoms with E-state index in [0.717, 1.165) is 0 Å². The zero-order chi connectivity index (χ0) is 19.8. The highest BCUT2D eigenvalue weighted by atomic mass is 16.5. The van der Waals surface area contributed by atoms with E-state index in [2.05, 4.69) is 16.0 Å². The summed E-state index contributed by atoms with van der Waals surface area (Å²) in [7, 11) is 3.11. The second-order valence-electron chi connectivity index (χ2n) is 6.11. The van der Waals surface area contributed by atoms with E-state index in [1.807, 2.05) is 6.07 Å². The summed E-state index contributed by atoms with van der Waals surface area (Å²) in [4.78, 5) is 7.58. The summed E-state index contributed by atoms with van der Waals surface area (Å²) in [6, 6.07) is 12.7. The summed E-state index contributed by atoms with van der Waals surface area (Å²) in [5.41, 5.74) is 8.99. The van der Waals surface area contributed by atoms with E-state index < -0.39 is 0 Å². The van der Waals surface area contributed by atoms with Crippen LogP contribution in [0.15, 0.2) is 42.6 Å². The monoisotopic (exact) mass is 375 g/mol. The lowest BCUT2D eigenvalue weighted by molar-refractivity contribution is 0.394. The molecule has 0 fully saturated rings. The normalized spacial score (nSPS) is 10.8. The SMILES string of the molecule is COc1cc(OC)cc(-n2cc(O)c(-c3nc4c(C#N)cccc4[nH]3)c2N)c1. The van der Waals surface area contributed by atoms with Crippen molar-refractivity contribution in [1.82, 2.24) is 14.5 Å². The maximum absolute atomic E-state index is 10.5. The fraction of sp³-hybridized carbons (Fsp3) is 0.100. The van der Waals surface area contributed by atoms with Crippen LogP contribution >= 0.6 is 0 Å². The molecule has 8 heteroatoms. The first-order valence-corrected chi connectivity index (χ1v) is 8.38. The third-order valence-corrected chi connectivity index (χ3v) is 4.51. The van der Waals surface area contributed by atoms with Gasteiger partial charge in [0.2, 0.25) is 0 Å². The van der Waals surface area contributed by atoms with Crippen molar-refractivity contribution in [2.45, 2.75) is 0 Å². The number of aromatic hydroxyl groups is 1. The number of nitrogens with zero attached hydrogens (tertiary/aromatic N) is 3. The minimum Gasteiger partial charge on any atom is -0.505 e. The number of rotatable bonds is 4. The highest BCUT2D eigenvalue weighted by molar-refractivity contribution is 5.88. The summed E-state index contributed by atoms with van der Waals surface area (Å²) in [5, 5.41) is 19.8. The van der Waals surface area contributed by atoms with E-state index in [1.165, 1.54) is 6.20 Å². The Balaban J connectivity index is 1.89. The van der Waals surface area contributed by atoms with Crippen molar-refractivity contribution in [3.05, 3.63) is 48.2 Å². The van der Waals surface area contributed by atoms with E-state index in [-0.39, 0.29) is 11.6 Å². The summed E-state index contributed by atoms with van der Waals surface area (Å²) < 4.78 is 12.2. The van der Waals surface area contributed by atoms with Crippen molar-refractivity contribution in [2.24, 2.45) is 0 Å². The number of imidazole rings is 1. The molecule has 0 bridgehead atoms. The Kier molecular flexibility index (Phi) is 4.05. The van der Waals surface area contributed by atoms with Crippen molar-refractivity contribution < 1.29 is 14.6 Å². The number of nitriles is 1. The number of nitrogens with one attached hydrogen (secondary N) is 1. The lowest BCUT2D eigenvalue weighted by Gasteiger charge is -2.11. The summed E-state index contributed by atoms with van der Waals surface area (Å²) in [6.45, 7) is 0. The van der Waals surface area contributed by atoms with E-state index >= 15 is 0 Å². The molecule has 0 aliphatic heterocycles. The second kappa shape index (κ2) is 6.55. The minimum atomic E-state index is -0.0446. The summed E-state index contributed by atoms with van der Waals surface area (Å²) in [6.07, 6.45) is 1.50. The molecule has 28 heavy (non-hydrogen) atoms. The molecule has 2 heterocycles. The predicted molar refractivity (Wildman–Crippen MR) is 105 cm³/mol. The van der Waals surface area contributed by atoms with Gasteiger partial charge in [0, 0.05) is 18.2 Å². The number of ether oxygens (including phenoxy) is 2. The number of anilines is 1. The van der Waals surface area contributed by atoms with Gasteiger partial charge < -0.3 is 25.3 Å². The van der Waals surface area contributed by atoms with Gasteiger partial charge in [0.25, 0.3) is 0 Å². The highest BCUT2D eigenvalue weighted by Crippen LogP contribution is 2.38. The lowest BCUT2D eigenvalue weighted by atomic mass is 10.2.